The molecule has 1 aliphatic heterocycles. The summed E-state index contributed by atoms with van der Waals surface area (Å²) in [6.45, 7) is 9.96. The van der Waals surface area contributed by atoms with Crippen LogP contribution in [-0.2, 0) is 12.0 Å². The minimum absolute atomic E-state index is 0.00735. The summed E-state index contributed by atoms with van der Waals surface area (Å²) in [5.41, 5.74) is 1.26. The number of aliphatic hydroxyl groups is 1. The zero-order valence-corrected chi connectivity index (χ0v) is 19.6. The van der Waals surface area contributed by atoms with E-state index in [2.05, 4.69) is 23.9 Å². The maximum Gasteiger partial charge on any atom is 0.257 e. The number of rotatable bonds is 5. The van der Waals surface area contributed by atoms with E-state index in [1.54, 1.807) is 20.0 Å². The lowest BCUT2D eigenvalue weighted by molar-refractivity contribution is 0.0595. The molecule has 4 rings (SSSR count). The van der Waals surface area contributed by atoms with Crippen LogP contribution in [-0.4, -0.2) is 43.3 Å². The highest BCUT2D eigenvalue weighted by Gasteiger charge is 2.35. The Bertz CT molecular complexity index is 1070. The van der Waals surface area contributed by atoms with Gasteiger partial charge in [0.2, 0.25) is 0 Å². The molecule has 31 heavy (non-hydrogen) atoms. The Morgan fingerprint density at radius 3 is 2.81 bits per heavy atom. The number of piperidine rings is 1. The van der Waals surface area contributed by atoms with Crippen LogP contribution in [0.15, 0.2) is 28.1 Å². The smallest absolute Gasteiger partial charge is 0.257 e. The second kappa shape index (κ2) is 8.24. The minimum Gasteiger partial charge on any atom is -0.445 e. The number of nitrogens with zero attached hydrogens (tertiary/aromatic N) is 4. The van der Waals surface area contributed by atoms with Crippen LogP contribution in [0.2, 0.25) is 0 Å². The third kappa shape index (κ3) is 4.06. The quantitative estimate of drug-likeness (QED) is 0.632. The molecule has 3 aromatic heterocycles. The lowest BCUT2D eigenvalue weighted by Gasteiger charge is -2.37. The van der Waals surface area contributed by atoms with Crippen LogP contribution in [0.3, 0.4) is 0 Å². The van der Waals surface area contributed by atoms with Crippen molar-refractivity contribution in [2.75, 3.05) is 6.54 Å². The van der Waals surface area contributed by atoms with Crippen LogP contribution in [0.5, 0.6) is 0 Å². The first kappa shape index (κ1) is 21.8. The Kier molecular flexibility index (Phi) is 5.79. The summed E-state index contributed by atoms with van der Waals surface area (Å²) in [5.74, 6) is 1.25. The molecule has 166 valence electrons. The van der Waals surface area contributed by atoms with Gasteiger partial charge in [-0.1, -0.05) is 6.92 Å². The highest BCUT2D eigenvalue weighted by Crippen LogP contribution is 2.34. The molecule has 0 radical (unpaired) electrons. The molecule has 1 amide bonds. The number of oxazole rings is 1. The van der Waals surface area contributed by atoms with Crippen LogP contribution >= 0.6 is 11.3 Å². The van der Waals surface area contributed by atoms with Gasteiger partial charge in [0.25, 0.3) is 5.91 Å². The van der Waals surface area contributed by atoms with E-state index in [0.717, 1.165) is 30.0 Å². The molecule has 1 fully saturated rings. The first-order valence-electron chi connectivity index (χ1n) is 10.8. The number of aryl methyl sites for hydroxylation is 2. The third-order valence-corrected chi connectivity index (χ3v) is 6.92. The van der Waals surface area contributed by atoms with E-state index >= 15 is 0 Å². The summed E-state index contributed by atoms with van der Waals surface area (Å²) in [6.07, 6.45) is 4.39. The van der Waals surface area contributed by atoms with E-state index in [9.17, 15) is 9.90 Å². The fourth-order valence-electron chi connectivity index (χ4n) is 4.31. The van der Waals surface area contributed by atoms with Crippen molar-refractivity contribution in [2.45, 2.75) is 71.4 Å². The fraction of sp³-hybridized carbons (Fsp3) is 0.522. The molecule has 1 saturated heterocycles. The van der Waals surface area contributed by atoms with Crippen LogP contribution in [0.25, 0.3) is 5.00 Å². The molecule has 2 unspecified atom stereocenters. The molecule has 0 saturated carbocycles. The molecular weight excluding hydrogens is 412 g/mol. The molecule has 2 atom stereocenters. The van der Waals surface area contributed by atoms with Crippen LogP contribution in [0.1, 0.15) is 79.9 Å². The van der Waals surface area contributed by atoms with Gasteiger partial charge in [0.15, 0.2) is 5.89 Å². The molecule has 7 nitrogen and oxygen atoms in total. The molecular formula is C23H30N4O3S. The average Bonchev–Trinajstić information content (AvgIpc) is 3.45. The standard InChI is InChI=1S/C23H30N4O3S/c1-6-17-9-11-24-27(17)22-18(10-12-31-22)21(28)26-13-16(8-7-14(26)2)20-25-19(15(3)30-20)23(4,5)29/h9-12,14,16,29H,6-8,13H2,1-5H3. The lowest BCUT2D eigenvalue weighted by Crippen LogP contribution is -2.45. The molecule has 0 spiro atoms. The average molecular weight is 443 g/mol. The predicted molar refractivity (Wildman–Crippen MR) is 120 cm³/mol. The second-order valence-electron chi connectivity index (χ2n) is 8.82. The Labute approximate surface area is 186 Å². The zero-order chi connectivity index (χ0) is 22.3. The Morgan fingerprint density at radius 2 is 2.13 bits per heavy atom. The molecule has 1 N–H and O–H groups in total. The number of amides is 1. The Hall–Kier alpha value is -2.45. The van der Waals surface area contributed by atoms with Crippen molar-refractivity contribution in [1.82, 2.24) is 19.7 Å². The van der Waals surface area contributed by atoms with Gasteiger partial charge in [0.1, 0.15) is 22.1 Å². The summed E-state index contributed by atoms with van der Waals surface area (Å²) < 4.78 is 7.80. The van der Waals surface area contributed by atoms with Crippen molar-refractivity contribution in [3.63, 3.8) is 0 Å². The van der Waals surface area contributed by atoms with Gasteiger partial charge in [-0.15, -0.1) is 11.3 Å². The SMILES string of the molecule is CCc1ccnn1-c1sccc1C(=O)N1CC(c2nc(C(C)(C)O)c(C)o2)CCC1C. The normalized spacial score (nSPS) is 19.7. The third-order valence-electron chi connectivity index (χ3n) is 6.04. The number of carbonyl (C=O) groups excluding carboxylic acids is 1. The van der Waals surface area contributed by atoms with Crippen molar-refractivity contribution in [3.05, 3.63) is 52.3 Å². The van der Waals surface area contributed by atoms with Gasteiger partial charge in [-0.05, 0) is 64.5 Å². The highest BCUT2D eigenvalue weighted by molar-refractivity contribution is 7.13. The van der Waals surface area contributed by atoms with Crippen molar-refractivity contribution < 1.29 is 14.3 Å². The maximum atomic E-state index is 13.6. The van der Waals surface area contributed by atoms with Gasteiger partial charge in [-0.2, -0.15) is 5.10 Å². The number of hydrogen-bond donors (Lipinski definition) is 1. The Balaban J connectivity index is 1.61. The molecule has 0 bridgehead atoms. The number of aromatic nitrogens is 3. The van der Waals surface area contributed by atoms with E-state index in [1.807, 2.05) is 34.0 Å². The maximum absolute atomic E-state index is 13.6. The Morgan fingerprint density at radius 1 is 1.35 bits per heavy atom. The van der Waals surface area contributed by atoms with E-state index in [-0.39, 0.29) is 17.9 Å². The summed E-state index contributed by atoms with van der Waals surface area (Å²) in [6, 6.07) is 4.00. The number of carbonyl (C=O) groups is 1. The highest BCUT2D eigenvalue weighted by atomic mass is 32.1. The van der Waals surface area contributed by atoms with Crippen LogP contribution in [0.4, 0.5) is 0 Å². The first-order valence-corrected chi connectivity index (χ1v) is 11.7. The van der Waals surface area contributed by atoms with Crippen LogP contribution < -0.4 is 0 Å². The van der Waals surface area contributed by atoms with Crippen molar-refractivity contribution in [2.24, 2.45) is 0 Å². The van der Waals surface area contributed by atoms with Gasteiger partial charge in [-0.25, -0.2) is 9.67 Å². The molecule has 3 aromatic rings. The monoisotopic (exact) mass is 442 g/mol. The number of likely N-dealkylation sites (tertiary alicyclic amines) is 1. The molecule has 1 aliphatic rings. The minimum atomic E-state index is -1.06. The van der Waals surface area contributed by atoms with Crippen molar-refractivity contribution >= 4 is 17.2 Å². The molecule has 0 aliphatic carbocycles. The first-order chi connectivity index (χ1) is 14.7. The van der Waals surface area contributed by atoms with Gasteiger partial charge >= 0.3 is 0 Å². The number of thiophene rings is 1. The lowest BCUT2D eigenvalue weighted by atomic mass is 9.92. The summed E-state index contributed by atoms with van der Waals surface area (Å²) in [4.78, 5) is 20.1. The van der Waals surface area contributed by atoms with E-state index in [0.29, 0.717) is 29.5 Å². The van der Waals surface area contributed by atoms with E-state index in [4.69, 9.17) is 4.42 Å². The topological polar surface area (TPSA) is 84.4 Å². The zero-order valence-electron chi connectivity index (χ0n) is 18.8. The van der Waals surface area contributed by atoms with Gasteiger partial charge in [0.05, 0.1) is 11.5 Å². The van der Waals surface area contributed by atoms with Crippen molar-refractivity contribution in [1.29, 1.82) is 0 Å². The molecule has 4 heterocycles. The fourth-order valence-corrected chi connectivity index (χ4v) is 5.19. The van der Waals surface area contributed by atoms with Crippen molar-refractivity contribution in [3.8, 4) is 5.00 Å². The second-order valence-corrected chi connectivity index (χ2v) is 9.72. The van der Waals surface area contributed by atoms with E-state index in [1.165, 1.54) is 11.3 Å². The van der Waals surface area contributed by atoms with Crippen LogP contribution in [0, 0.1) is 6.92 Å². The number of hydrogen-bond acceptors (Lipinski definition) is 6. The summed E-state index contributed by atoms with van der Waals surface area (Å²) >= 11 is 1.53. The summed E-state index contributed by atoms with van der Waals surface area (Å²) in [5, 5.41) is 17.6. The molecule has 8 heteroatoms. The molecule has 0 aromatic carbocycles. The van der Waals surface area contributed by atoms with E-state index < -0.39 is 5.60 Å². The van der Waals surface area contributed by atoms with Gasteiger partial charge in [0, 0.05) is 24.5 Å². The van der Waals surface area contributed by atoms with Gasteiger partial charge < -0.3 is 14.4 Å². The summed E-state index contributed by atoms with van der Waals surface area (Å²) in [7, 11) is 0. The predicted octanol–water partition coefficient (Wildman–Crippen LogP) is 4.43. The van der Waals surface area contributed by atoms with Gasteiger partial charge in [-0.3, -0.25) is 4.79 Å². The largest absolute Gasteiger partial charge is 0.445 e.